The van der Waals surface area contributed by atoms with Gasteiger partial charge in [0.15, 0.2) is 17.2 Å². The molecule has 0 aliphatic rings. The SMILES string of the molecule is Cc1nc2c(OCc3c(F)cccc3F)cccn2c1C(=O)N[C@@H](CO)c1nnn(C(C)C)n1. The first-order chi connectivity index (χ1) is 16.3. The third-order valence-corrected chi connectivity index (χ3v) is 5.14. The van der Waals surface area contributed by atoms with Crippen LogP contribution in [-0.2, 0) is 6.61 Å². The Morgan fingerprint density at radius 3 is 2.59 bits per heavy atom. The molecule has 0 spiro atoms. The summed E-state index contributed by atoms with van der Waals surface area (Å²) in [5, 5.41) is 24.5. The highest BCUT2D eigenvalue weighted by atomic mass is 19.1. The van der Waals surface area contributed by atoms with Gasteiger partial charge < -0.3 is 15.2 Å². The first kappa shape index (κ1) is 23.2. The summed E-state index contributed by atoms with van der Waals surface area (Å²) >= 11 is 0. The summed E-state index contributed by atoms with van der Waals surface area (Å²) in [5.41, 5.74) is 0.679. The Morgan fingerprint density at radius 1 is 1.21 bits per heavy atom. The summed E-state index contributed by atoms with van der Waals surface area (Å²) in [5.74, 6) is -1.55. The number of ether oxygens (including phenoxy) is 1. The number of rotatable bonds is 8. The number of carbonyl (C=O) groups excluding carboxylic acids is 1. The summed E-state index contributed by atoms with van der Waals surface area (Å²) < 4.78 is 35.1. The van der Waals surface area contributed by atoms with E-state index in [0.717, 1.165) is 12.1 Å². The van der Waals surface area contributed by atoms with E-state index in [1.165, 1.54) is 15.3 Å². The lowest BCUT2D eigenvalue weighted by atomic mass is 10.2. The van der Waals surface area contributed by atoms with Crippen LogP contribution in [0.5, 0.6) is 5.75 Å². The second-order valence-corrected chi connectivity index (χ2v) is 7.87. The smallest absolute Gasteiger partial charge is 0.270 e. The minimum atomic E-state index is -0.881. The Kier molecular flexibility index (Phi) is 6.50. The molecular formula is C22H23F2N7O3. The maximum absolute atomic E-state index is 14.0. The van der Waals surface area contributed by atoms with Gasteiger partial charge in [-0.1, -0.05) is 6.07 Å². The third-order valence-electron chi connectivity index (χ3n) is 5.14. The number of aliphatic hydroxyl groups excluding tert-OH is 1. The molecule has 0 bridgehead atoms. The zero-order valence-corrected chi connectivity index (χ0v) is 18.7. The van der Waals surface area contributed by atoms with Gasteiger partial charge >= 0.3 is 0 Å². The molecular weight excluding hydrogens is 448 g/mol. The van der Waals surface area contributed by atoms with Crippen molar-refractivity contribution in [2.45, 2.75) is 39.5 Å². The van der Waals surface area contributed by atoms with Gasteiger partial charge in [-0.2, -0.15) is 4.80 Å². The van der Waals surface area contributed by atoms with Crippen molar-refractivity contribution in [1.29, 1.82) is 0 Å². The van der Waals surface area contributed by atoms with Crippen molar-refractivity contribution in [2.24, 2.45) is 0 Å². The van der Waals surface area contributed by atoms with E-state index in [1.807, 2.05) is 13.8 Å². The van der Waals surface area contributed by atoms with Crippen LogP contribution < -0.4 is 10.1 Å². The summed E-state index contributed by atoms with van der Waals surface area (Å²) in [7, 11) is 0. The molecule has 2 N–H and O–H groups in total. The Bertz CT molecular complexity index is 1320. The van der Waals surface area contributed by atoms with Gasteiger partial charge in [-0.05, 0) is 50.3 Å². The first-order valence-electron chi connectivity index (χ1n) is 10.5. The van der Waals surface area contributed by atoms with Crippen LogP contribution in [0, 0.1) is 18.6 Å². The van der Waals surface area contributed by atoms with E-state index >= 15 is 0 Å². The highest BCUT2D eigenvalue weighted by molar-refractivity contribution is 5.95. The molecule has 10 nitrogen and oxygen atoms in total. The van der Waals surface area contributed by atoms with Crippen molar-refractivity contribution < 1.29 is 23.4 Å². The van der Waals surface area contributed by atoms with Gasteiger partial charge in [0.1, 0.15) is 30.0 Å². The van der Waals surface area contributed by atoms with Crippen LogP contribution in [0.4, 0.5) is 8.78 Å². The van der Waals surface area contributed by atoms with Gasteiger partial charge in [-0.25, -0.2) is 13.8 Å². The Hall–Kier alpha value is -3.93. The van der Waals surface area contributed by atoms with Crippen molar-refractivity contribution in [3.05, 3.63) is 70.9 Å². The molecule has 0 unspecified atom stereocenters. The van der Waals surface area contributed by atoms with E-state index < -0.39 is 30.2 Å². The summed E-state index contributed by atoms with van der Waals surface area (Å²) in [6, 6.07) is 5.87. The number of pyridine rings is 1. The normalized spacial score (nSPS) is 12.3. The fraction of sp³-hybridized carbons (Fsp3) is 0.318. The molecule has 34 heavy (non-hydrogen) atoms. The first-order valence-corrected chi connectivity index (χ1v) is 10.5. The molecule has 0 aliphatic carbocycles. The number of nitrogens with zero attached hydrogens (tertiary/aromatic N) is 6. The largest absolute Gasteiger partial charge is 0.485 e. The van der Waals surface area contributed by atoms with E-state index in [2.05, 4.69) is 25.7 Å². The van der Waals surface area contributed by atoms with Crippen LogP contribution >= 0.6 is 0 Å². The molecule has 0 fully saturated rings. The number of amides is 1. The quantitative estimate of drug-likeness (QED) is 0.405. The molecule has 3 heterocycles. The molecule has 1 atom stereocenters. The minimum absolute atomic E-state index is 0.0337. The molecule has 12 heteroatoms. The number of hydrogen-bond acceptors (Lipinski definition) is 7. The van der Waals surface area contributed by atoms with Crippen LogP contribution in [0.15, 0.2) is 36.5 Å². The number of aryl methyl sites for hydroxylation is 1. The molecule has 1 amide bonds. The summed E-state index contributed by atoms with van der Waals surface area (Å²) in [6.07, 6.45) is 1.61. The van der Waals surface area contributed by atoms with Gasteiger partial charge in [0.2, 0.25) is 0 Å². The lowest BCUT2D eigenvalue weighted by Crippen LogP contribution is -2.33. The van der Waals surface area contributed by atoms with Crippen molar-refractivity contribution in [3.63, 3.8) is 0 Å². The van der Waals surface area contributed by atoms with Crippen molar-refractivity contribution in [3.8, 4) is 5.75 Å². The molecule has 0 radical (unpaired) electrons. The molecule has 0 saturated carbocycles. The number of imidazole rings is 1. The number of fused-ring (bicyclic) bond motifs is 1. The number of hydrogen-bond donors (Lipinski definition) is 2. The Morgan fingerprint density at radius 2 is 1.94 bits per heavy atom. The number of nitrogens with one attached hydrogen (secondary N) is 1. The fourth-order valence-corrected chi connectivity index (χ4v) is 3.38. The van der Waals surface area contributed by atoms with E-state index in [4.69, 9.17) is 4.74 Å². The molecule has 0 aliphatic heterocycles. The van der Waals surface area contributed by atoms with Crippen LogP contribution in [0.1, 0.15) is 53.5 Å². The molecule has 178 valence electrons. The van der Waals surface area contributed by atoms with E-state index in [0.29, 0.717) is 11.3 Å². The van der Waals surface area contributed by atoms with E-state index in [1.54, 1.807) is 25.3 Å². The van der Waals surface area contributed by atoms with E-state index in [9.17, 15) is 18.7 Å². The topological polar surface area (TPSA) is 119 Å². The summed E-state index contributed by atoms with van der Waals surface area (Å²) in [6.45, 7) is 4.60. The highest BCUT2D eigenvalue weighted by Gasteiger charge is 2.25. The fourth-order valence-electron chi connectivity index (χ4n) is 3.38. The lowest BCUT2D eigenvalue weighted by molar-refractivity contribution is 0.0906. The molecule has 4 aromatic rings. The number of tetrazole rings is 1. The van der Waals surface area contributed by atoms with Crippen LogP contribution in [0.2, 0.25) is 0 Å². The molecule has 1 aromatic carbocycles. The average Bonchev–Trinajstić information content (AvgIpc) is 3.42. The van der Waals surface area contributed by atoms with Crippen molar-refractivity contribution in [2.75, 3.05) is 6.61 Å². The zero-order valence-electron chi connectivity index (χ0n) is 18.7. The monoisotopic (exact) mass is 471 g/mol. The molecule has 4 rings (SSSR count). The van der Waals surface area contributed by atoms with E-state index in [-0.39, 0.29) is 35.5 Å². The average molecular weight is 471 g/mol. The second-order valence-electron chi connectivity index (χ2n) is 7.87. The second kappa shape index (κ2) is 9.51. The van der Waals surface area contributed by atoms with Crippen LogP contribution in [0.25, 0.3) is 5.65 Å². The predicted octanol–water partition coefficient (Wildman–Crippen LogP) is 2.53. The molecule has 0 saturated heterocycles. The Balaban J connectivity index is 1.59. The van der Waals surface area contributed by atoms with Crippen molar-refractivity contribution in [1.82, 2.24) is 34.9 Å². The molecule has 3 aromatic heterocycles. The van der Waals surface area contributed by atoms with Gasteiger partial charge in [-0.15, -0.1) is 10.2 Å². The lowest BCUT2D eigenvalue weighted by Gasteiger charge is -2.13. The van der Waals surface area contributed by atoms with Gasteiger partial charge in [-0.3, -0.25) is 9.20 Å². The number of halogens is 2. The van der Waals surface area contributed by atoms with Crippen LogP contribution in [-0.4, -0.2) is 47.2 Å². The predicted molar refractivity (Wildman–Crippen MR) is 116 cm³/mol. The van der Waals surface area contributed by atoms with Gasteiger partial charge in [0.25, 0.3) is 5.91 Å². The number of benzene rings is 1. The van der Waals surface area contributed by atoms with Gasteiger partial charge in [0, 0.05) is 6.20 Å². The van der Waals surface area contributed by atoms with Gasteiger partial charge in [0.05, 0.1) is 23.9 Å². The number of aliphatic hydroxyl groups is 1. The number of carbonyl (C=O) groups is 1. The van der Waals surface area contributed by atoms with Crippen molar-refractivity contribution >= 4 is 11.6 Å². The maximum Gasteiger partial charge on any atom is 0.270 e. The maximum atomic E-state index is 14.0. The van der Waals surface area contributed by atoms with Crippen LogP contribution in [0.3, 0.4) is 0 Å². The zero-order chi connectivity index (χ0) is 24.4. The highest BCUT2D eigenvalue weighted by Crippen LogP contribution is 2.24. The summed E-state index contributed by atoms with van der Waals surface area (Å²) in [4.78, 5) is 18.9. The third kappa shape index (κ3) is 4.44. The Labute approximate surface area is 193 Å². The number of aromatic nitrogens is 6. The standard InChI is InChI=1S/C22H23F2N7O3/c1-12(2)31-28-20(27-29-31)17(10-32)26-22(33)19-13(3)25-21-18(8-5-9-30(19)21)34-11-14-15(23)6-4-7-16(14)24/h4-9,12,17,32H,10-11H2,1-3H3,(H,26,33)/t17-/m0/s1. The minimum Gasteiger partial charge on any atom is -0.485 e.